The third kappa shape index (κ3) is 8.44. The Labute approximate surface area is 249 Å². The lowest BCUT2D eigenvalue weighted by Gasteiger charge is -2.29. The number of carbonyl (C=O) groups is 2. The molecule has 1 fully saturated rings. The first-order valence-electron chi connectivity index (χ1n) is 12.9. The zero-order valence-corrected chi connectivity index (χ0v) is 25.0. The Kier molecular flexibility index (Phi) is 10.1. The second kappa shape index (κ2) is 13.4. The standard InChI is InChI=1S/C29H30Cl3N3O4S/c1-19(29(37)33-17-22-7-10-24(31)16-27(22)32)35(18-21-2-8-23(30)9-3-21)28(36)15-6-20-4-13-26(14-5-20)40(38,39)34-25-11-12-25/h2-5,7-10,13-14,16,19,25,34H,6,11-12,15,17-18H2,1H3,(H,33,37). The minimum absolute atomic E-state index is 0.0243. The van der Waals surface area contributed by atoms with Crippen LogP contribution < -0.4 is 10.0 Å². The molecule has 3 aromatic rings. The summed E-state index contributed by atoms with van der Waals surface area (Å²) in [5.74, 6) is -0.541. The topological polar surface area (TPSA) is 95.6 Å². The first kappa shape index (κ1) is 30.3. The molecule has 1 unspecified atom stereocenters. The van der Waals surface area contributed by atoms with Crippen LogP contribution in [-0.4, -0.2) is 37.2 Å². The Bertz CT molecular complexity index is 1460. The number of hydrogen-bond acceptors (Lipinski definition) is 4. The molecule has 2 amide bonds. The molecule has 1 saturated carbocycles. The van der Waals surface area contributed by atoms with Crippen molar-refractivity contribution in [1.29, 1.82) is 0 Å². The molecule has 11 heteroatoms. The molecule has 0 heterocycles. The first-order valence-corrected chi connectivity index (χ1v) is 15.5. The van der Waals surface area contributed by atoms with E-state index in [-0.39, 0.29) is 42.3 Å². The molecule has 40 heavy (non-hydrogen) atoms. The molecule has 0 saturated heterocycles. The van der Waals surface area contributed by atoms with Gasteiger partial charge in [0, 0.05) is 40.6 Å². The van der Waals surface area contributed by atoms with Gasteiger partial charge in [0.1, 0.15) is 6.04 Å². The summed E-state index contributed by atoms with van der Waals surface area (Å²) in [7, 11) is -3.54. The third-order valence-electron chi connectivity index (χ3n) is 6.66. The average Bonchev–Trinajstić information content (AvgIpc) is 3.74. The number of aryl methyl sites for hydroxylation is 1. The highest BCUT2D eigenvalue weighted by atomic mass is 35.5. The summed E-state index contributed by atoms with van der Waals surface area (Å²) >= 11 is 18.2. The second-order valence-corrected chi connectivity index (χ2v) is 12.8. The number of amides is 2. The Hall–Kier alpha value is -2.62. The van der Waals surface area contributed by atoms with Crippen molar-refractivity contribution >= 4 is 56.6 Å². The van der Waals surface area contributed by atoms with Crippen LogP contribution in [0, 0.1) is 0 Å². The number of halogens is 3. The van der Waals surface area contributed by atoms with Crippen LogP contribution in [0.3, 0.4) is 0 Å². The van der Waals surface area contributed by atoms with Gasteiger partial charge in [-0.15, -0.1) is 0 Å². The van der Waals surface area contributed by atoms with E-state index in [2.05, 4.69) is 10.0 Å². The lowest BCUT2D eigenvalue weighted by molar-refractivity contribution is -0.140. The zero-order chi connectivity index (χ0) is 28.9. The van der Waals surface area contributed by atoms with Gasteiger partial charge < -0.3 is 10.2 Å². The van der Waals surface area contributed by atoms with Gasteiger partial charge in [0.2, 0.25) is 21.8 Å². The van der Waals surface area contributed by atoms with Gasteiger partial charge in [-0.05, 0) is 79.3 Å². The molecular weight excluding hydrogens is 593 g/mol. The van der Waals surface area contributed by atoms with Crippen molar-refractivity contribution in [2.45, 2.75) is 62.7 Å². The summed E-state index contributed by atoms with van der Waals surface area (Å²) in [6.45, 7) is 2.09. The Balaban J connectivity index is 1.42. The summed E-state index contributed by atoms with van der Waals surface area (Å²) in [4.78, 5) is 28.3. The molecule has 4 rings (SSSR count). The summed E-state index contributed by atoms with van der Waals surface area (Å²) in [5, 5.41) is 4.37. The predicted octanol–water partition coefficient (Wildman–Crippen LogP) is 5.75. The van der Waals surface area contributed by atoms with Crippen molar-refractivity contribution < 1.29 is 18.0 Å². The van der Waals surface area contributed by atoms with Crippen molar-refractivity contribution in [3.8, 4) is 0 Å². The number of sulfonamides is 1. The normalized spacial score (nSPS) is 14.0. The fourth-order valence-electron chi connectivity index (χ4n) is 4.08. The maximum absolute atomic E-state index is 13.4. The van der Waals surface area contributed by atoms with Crippen molar-refractivity contribution in [2.24, 2.45) is 0 Å². The second-order valence-electron chi connectivity index (χ2n) is 9.82. The van der Waals surface area contributed by atoms with E-state index in [0.717, 1.165) is 24.0 Å². The van der Waals surface area contributed by atoms with E-state index in [4.69, 9.17) is 34.8 Å². The van der Waals surface area contributed by atoms with Crippen molar-refractivity contribution in [2.75, 3.05) is 0 Å². The van der Waals surface area contributed by atoms with E-state index < -0.39 is 16.1 Å². The van der Waals surface area contributed by atoms with Crippen molar-refractivity contribution in [3.05, 3.63) is 98.5 Å². The fraction of sp³-hybridized carbons (Fsp3) is 0.310. The predicted molar refractivity (Wildman–Crippen MR) is 158 cm³/mol. The van der Waals surface area contributed by atoms with E-state index in [1.165, 1.54) is 4.90 Å². The van der Waals surface area contributed by atoms with Crippen LogP contribution in [0.25, 0.3) is 0 Å². The lowest BCUT2D eigenvalue weighted by atomic mass is 10.1. The molecular formula is C29H30Cl3N3O4S. The highest BCUT2D eigenvalue weighted by Crippen LogP contribution is 2.23. The van der Waals surface area contributed by atoms with Gasteiger partial charge in [-0.2, -0.15) is 0 Å². The monoisotopic (exact) mass is 621 g/mol. The molecule has 0 spiro atoms. The molecule has 1 aliphatic rings. The van der Waals surface area contributed by atoms with Crippen LogP contribution in [0.5, 0.6) is 0 Å². The van der Waals surface area contributed by atoms with Gasteiger partial charge in [-0.3, -0.25) is 9.59 Å². The van der Waals surface area contributed by atoms with E-state index in [1.54, 1.807) is 61.5 Å². The SMILES string of the molecule is CC(C(=O)NCc1ccc(Cl)cc1Cl)N(Cc1ccc(Cl)cc1)C(=O)CCc1ccc(S(=O)(=O)NC2CC2)cc1. The van der Waals surface area contributed by atoms with Gasteiger partial charge in [0.15, 0.2) is 0 Å². The highest BCUT2D eigenvalue weighted by molar-refractivity contribution is 7.89. The Morgan fingerprint density at radius 3 is 2.17 bits per heavy atom. The average molecular weight is 623 g/mol. The van der Waals surface area contributed by atoms with Gasteiger partial charge in [-0.25, -0.2) is 13.1 Å². The van der Waals surface area contributed by atoms with Crippen molar-refractivity contribution in [3.63, 3.8) is 0 Å². The number of nitrogens with one attached hydrogen (secondary N) is 2. The Morgan fingerprint density at radius 1 is 0.925 bits per heavy atom. The molecule has 0 radical (unpaired) electrons. The molecule has 3 aromatic carbocycles. The number of rotatable bonds is 12. The molecule has 7 nitrogen and oxygen atoms in total. The van der Waals surface area contributed by atoms with Gasteiger partial charge in [0.25, 0.3) is 0 Å². The fourth-order valence-corrected chi connectivity index (χ4v) is 5.99. The van der Waals surface area contributed by atoms with Gasteiger partial charge >= 0.3 is 0 Å². The van der Waals surface area contributed by atoms with Crippen LogP contribution in [0.2, 0.25) is 15.1 Å². The lowest BCUT2D eigenvalue weighted by Crippen LogP contribution is -2.47. The number of carbonyl (C=O) groups excluding carboxylic acids is 2. The summed E-state index contributed by atoms with van der Waals surface area (Å²) < 4.78 is 27.5. The largest absolute Gasteiger partial charge is 0.350 e. The molecule has 1 aliphatic carbocycles. The first-order chi connectivity index (χ1) is 19.0. The van der Waals surface area contributed by atoms with Crippen molar-refractivity contribution in [1.82, 2.24) is 14.9 Å². The molecule has 0 aliphatic heterocycles. The minimum atomic E-state index is -3.54. The minimum Gasteiger partial charge on any atom is -0.350 e. The molecule has 1 atom stereocenters. The maximum atomic E-state index is 13.4. The van der Waals surface area contributed by atoms with Crippen LogP contribution in [0.1, 0.15) is 42.9 Å². The smallest absolute Gasteiger partial charge is 0.242 e. The van der Waals surface area contributed by atoms with Crippen LogP contribution in [-0.2, 0) is 39.1 Å². The number of hydrogen-bond donors (Lipinski definition) is 2. The van der Waals surface area contributed by atoms with Crippen LogP contribution in [0.15, 0.2) is 71.6 Å². The summed E-state index contributed by atoms with van der Waals surface area (Å²) in [6, 6.07) is 17.9. The van der Waals surface area contributed by atoms with Crippen LogP contribution in [0.4, 0.5) is 0 Å². The zero-order valence-electron chi connectivity index (χ0n) is 21.9. The quantitative estimate of drug-likeness (QED) is 0.269. The van der Waals surface area contributed by atoms with E-state index >= 15 is 0 Å². The molecule has 0 aromatic heterocycles. The van der Waals surface area contributed by atoms with Crippen LogP contribution >= 0.6 is 34.8 Å². The highest BCUT2D eigenvalue weighted by Gasteiger charge is 2.28. The van der Waals surface area contributed by atoms with E-state index in [9.17, 15) is 18.0 Å². The van der Waals surface area contributed by atoms with Gasteiger partial charge in [0.05, 0.1) is 4.90 Å². The summed E-state index contributed by atoms with van der Waals surface area (Å²) in [6.07, 6.45) is 2.25. The number of benzene rings is 3. The molecule has 0 bridgehead atoms. The van der Waals surface area contributed by atoms with Gasteiger partial charge in [-0.1, -0.05) is 65.1 Å². The Morgan fingerprint density at radius 2 is 1.55 bits per heavy atom. The molecule has 2 N–H and O–H groups in total. The maximum Gasteiger partial charge on any atom is 0.242 e. The third-order valence-corrected chi connectivity index (χ3v) is 9.04. The molecule has 212 valence electrons. The van der Waals surface area contributed by atoms with E-state index in [1.807, 2.05) is 12.1 Å². The number of nitrogens with zero attached hydrogens (tertiary/aromatic N) is 1. The van der Waals surface area contributed by atoms with E-state index in [0.29, 0.717) is 27.1 Å². The summed E-state index contributed by atoms with van der Waals surface area (Å²) in [5.41, 5.74) is 2.36.